The van der Waals surface area contributed by atoms with Gasteiger partial charge in [-0.25, -0.2) is 8.42 Å². The van der Waals surface area contributed by atoms with Crippen molar-refractivity contribution in [2.24, 2.45) is 5.92 Å². The van der Waals surface area contributed by atoms with E-state index in [2.05, 4.69) is 28.2 Å². The molecule has 0 unspecified atom stereocenters. The standard InChI is InChI=1S/C22H27BrN2O4S/c1-16-11-13-25(14-12-16)30(27,28)21-9-7-20(8-10-21)29-15-22(26)24-17(2)18-3-5-19(23)6-4-18/h3-10,16-17H,11-15H2,1-2H3,(H,24,26)/t17-/m0/s1. The van der Waals surface area contributed by atoms with Crippen LogP contribution in [0.1, 0.15) is 38.3 Å². The maximum Gasteiger partial charge on any atom is 0.258 e. The Hall–Kier alpha value is -1.90. The van der Waals surface area contributed by atoms with Crippen molar-refractivity contribution in [2.75, 3.05) is 19.7 Å². The number of hydrogen-bond donors (Lipinski definition) is 1. The number of nitrogens with zero attached hydrogens (tertiary/aromatic N) is 1. The van der Waals surface area contributed by atoms with Crippen molar-refractivity contribution in [3.63, 3.8) is 0 Å². The fraction of sp³-hybridized carbons (Fsp3) is 0.409. The Morgan fingerprint density at radius 3 is 2.33 bits per heavy atom. The Balaban J connectivity index is 1.53. The van der Waals surface area contributed by atoms with Crippen molar-refractivity contribution < 1.29 is 17.9 Å². The smallest absolute Gasteiger partial charge is 0.258 e. The van der Waals surface area contributed by atoms with Gasteiger partial charge in [-0.15, -0.1) is 0 Å². The monoisotopic (exact) mass is 494 g/mol. The Bertz CT molecular complexity index is 954. The molecule has 1 heterocycles. The number of amides is 1. The van der Waals surface area contributed by atoms with Crippen LogP contribution in [-0.2, 0) is 14.8 Å². The first-order chi connectivity index (χ1) is 14.3. The van der Waals surface area contributed by atoms with Crippen LogP contribution in [0.3, 0.4) is 0 Å². The van der Waals surface area contributed by atoms with Gasteiger partial charge in [-0.3, -0.25) is 4.79 Å². The normalized spacial score (nSPS) is 16.8. The Kier molecular flexibility index (Phi) is 7.55. The van der Waals surface area contributed by atoms with Gasteiger partial charge in [0.25, 0.3) is 5.91 Å². The second-order valence-corrected chi connectivity index (χ2v) is 10.5. The number of rotatable bonds is 7. The van der Waals surface area contributed by atoms with Crippen LogP contribution in [0.4, 0.5) is 0 Å². The van der Waals surface area contributed by atoms with Gasteiger partial charge in [0.15, 0.2) is 6.61 Å². The van der Waals surface area contributed by atoms with Crippen LogP contribution in [-0.4, -0.2) is 38.3 Å². The molecule has 8 heteroatoms. The summed E-state index contributed by atoms with van der Waals surface area (Å²) in [4.78, 5) is 12.4. The maximum atomic E-state index is 12.8. The molecule has 3 rings (SSSR count). The molecule has 0 saturated carbocycles. The fourth-order valence-electron chi connectivity index (χ4n) is 3.35. The SMILES string of the molecule is CC1CCN(S(=O)(=O)c2ccc(OCC(=O)N[C@@H](C)c3ccc(Br)cc3)cc2)CC1. The maximum absolute atomic E-state index is 12.8. The largest absolute Gasteiger partial charge is 0.484 e. The highest BCUT2D eigenvalue weighted by Crippen LogP contribution is 2.25. The van der Waals surface area contributed by atoms with E-state index in [0.29, 0.717) is 24.8 Å². The third kappa shape index (κ3) is 5.83. The van der Waals surface area contributed by atoms with E-state index in [-0.39, 0.29) is 23.5 Å². The molecule has 0 spiro atoms. The number of carbonyl (C=O) groups is 1. The molecule has 30 heavy (non-hydrogen) atoms. The zero-order valence-corrected chi connectivity index (χ0v) is 19.6. The molecule has 1 aliphatic heterocycles. The van der Waals surface area contributed by atoms with E-state index in [1.165, 1.54) is 12.1 Å². The van der Waals surface area contributed by atoms with Crippen molar-refractivity contribution in [1.29, 1.82) is 0 Å². The second-order valence-electron chi connectivity index (χ2n) is 7.69. The topological polar surface area (TPSA) is 75.7 Å². The summed E-state index contributed by atoms with van der Waals surface area (Å²) in [5, 5.41) is 2.89. The summed E-state index contributed by atoms with van der Waals surface area (Å²) < 4.78 is 33.6. The Morgan fingerprint density at radius 1 is 1.13 bits per heavy atom. The number of sulfonamides is 1. The van der Waals surface area contributed by atoms with E-state index < -0.39 is 10.0 Å². The molecule has 1 amide bonds. The molecular weight excluding hydrogens is 468 g/mol. The van der Waals surface area contributed by atoms with E-state index in [1.54, 1.807) is 16.4 Å². The van der Waals surface area contributed by atoms with E-state index in [0.717, 1.165) is 22.9 Å². The van der Waals surface area contributed by atoms with Crippen LogP contribution in [0.15, 0.2) is 57.9 Å². The molecule has 0 aliphatic carbocycles. The average molecular weight is 495 g/mol. The zero-order chi connectivity index (χ0) is 21.7. The highest BCUT2D eigenvalue weighted by molar-refractivity contribution is 9.10. The number of carbonyl (C=O) groups excluding carboxylic acids is 1. The van der Waals surface area contributed by atoms with E-state index in [1.807, 2.05) is 31.2 Å². The van der Waals surface area contributed by atoms with Gasteiger partial charge in [0, 0.05) is 17.6 Å². The van der Waals surface area contributed by atoms with E-state index in [4.69, 9.17) is 4.74 Å². The molecule has 1 atom stereocenters. The van der Waals surface area contributed by atoms with Crippen LogP contribution in [0.2, 0.25) is 0 Å². The van der Waals surface area contributed by atoms with Crippen LogP contribution in [0.5, 0.6) is 5.75 Å². The van der Waals surface area contributed by atoms with Crippen LogP contribution in [0.25, 0.3) is 0 Å². The van der Waals surface area contributed by atoms with Crippen LogP contribution in [0, 0.1) is 5.92 Å². The summed E-state index contributed by atoms with van der Waals surface area (Å²) in [7, 11) is -3.49. The molecule has 162 valence electrons. The van der Waals surface area contributed by atoms with Gasteiger partial charge in [-0.05, 0) is 67.6 Å². The molecule has 0 bridgehead atoms. The van der Waals surface area contributed by atoms with Gasteiger partial charge in [0.2, 0.25) is 10.0 Å². The minimum Gasteiger partial charge on any atom is -0.484 e. The number of halogens is 1. The third-order valence-corrected chi connectivity index (χ3v) is 7.76. The summed E-state index contributed by atoms with van der Waals surface area (Å²) in [5.74, 6) is 0.766. The first kappa shape index (κ1) is 22.8. The van der Waals surface area contributed by atoms with Crippen LogP contribution >= 0.6 is 15.9 Å². The molecule has 0 aromatic heterocycles. The molecule has 1 fully saturated rings. The predicted octanol–water partition coefficient (Wildman–Crippen LogP) is 4.13. The van der Waals surface area contributed by atoms with Crippen molar-refractivity contribution in [1.82, 2.24) is 9.62 Å². The minimum atomic E-state index is -3.49. The molecule has 1 saturated heterocycles. The van der Waals surface area contributed by atoms with Gasteiger partial charge in [0.1, 0.15) is 5.75 Å². The fourth-order valence-corrected chi connectivity index (χ4v) is 5.08. The number of ether oxygens (including phenoxy) is 1. The third-order valence-electron chi connectivity index (χ3n) is 5.32. The number of piperidine rings is 1. The molecule has 1 N–H and O–H groups in total. The van der Waals surface area contributed by atoms with Gasteiger partial charge in [0.05, 0.1) is 10.9 Å². The lowest BCUT2D eigenvalue weighted by Gasteiger charge is -2.29. The lowest BCUT2D eigenvalue weighted by molar-refractivity contribution is -0.123. The van der Waals surface area contributed by atoms with E-state index in [9.17, 15) is 13.2 Å². The summed E-state index contributed by atoms with van der Waals surface area (Å²) in [6, 6.07) is 13.8. The van der Waals surface area contributed by atoms with Gasteiger partial charge in [-0.1, -0.05) is 35.0 Å². The molecule has 1 aliphatic rings. The summed E-state index contributed by atoms with van der Waals surface area (Å²) in [6.45, 7) is 5.02. The summed E-state index contributed by atoms with van der Waals surface area (Å²) >= 11 is 3.39. The molecule has 0 radical (unpaired) electrons. The van der Waals surface area contributed by atoms with Gasteiger partial charge >= 0.3 is 0 Å². The van der Waals surface area contributed by atoms with Crippen molar-refractivity contribution >= 4 is 31.9 Å². The summed E-state index contributed by atoms with van der Waals surface area (Å²) in [5.41, 5.74) is 0.994. The number of hydrogen-bond acceptors (Lipinski definition) is 4. The van der Waals surface area contributed by atoms with Crippen molar-refractivity contribution in [2.45, 2.75) is 37.6 Å². The van der Waals surface area contributed by atoms with Crippen molar-refractivity contribution in [3.8, 4) is 5.75 Å². The molecular formula is C22H27BrN2O4S. The minimum absolute atomic E-state index is 0.142. The number of nitrogens with one attached hydrogen (secondary N) is 1. The highest BCUT2D eigenvalue weighted by atomic mass is 79.9. The summed E-state index contributed by atoms with van der Waals surface area (Å²) in [6.07, 6.45) is 1.77. The molecule has 2 aromatic rings. The lowest BCUT2D eigenvalue weighted by Crippen LogP contribution is -2.37. The number of benzene rings is 2. The zero-order valence-electron chi connectivity index (χ0n) is 17.2. The van der Waals surface area contributed by atoms with Crippen LogP contribution < -0.4 is 10.1 Å². The quantitative estimate of drug-likeness (QED) is 0.627. The van der Waals surface area contributed by atoms with Gasteiger partial charge in [-0.2, -0.15) is 4.31 Å². The predicted molar refractivity (Wildman–Crippen MR) is 120 cm³/mol. The van der Waals surface area contributed by atoms with Crippen molar-refractivity contribution in [3.05, 3.63) is 58.6 Å². The second kappa shape index (κ2) is 9.94. The van der Waals surface area contributed by atoms with E-state index >= 15 is 0 Å². The first-order valence-electron chi connectivity index (χ1n) is 10.0. The highest BCUT2D eigenvalue weighted by Gasteiger charge is 2.27. The Labute approximate surface area is 186 Å². The Morgan fingerprint density at radius 2 is 1.73 bits per heavy atom. The first-order valence-corrected chi connectivity index (χ1v) is 12.3. The molecule has 6 nitrogen and oxygen atoms in total. The lowest BCUT2D eigenvalue weighted by atomic mass is 10.0. The molecule has 2 aromatic carbocycles. The van der Waals surface area contributed by atoms with Gasteiger partial charge < -0.3 is 10.1 Å². The average Bonchev–Trinajstić information content (AvgIpc) is 2.73.